The standard InChI is InChI=1S/C16H22O10/c1-6-10(7-2-3-23-14(21)8(7)5-24-6)15(22)26-16-13(20)12(19)11(18)9(4-17)25-16/h2,5-6,9-13,15-20,22H,3-4H2,1H3. The molecular weight excluding hydrogens is 352 g/mol. The zero-order valence-corrected chi connectivity index (χ0v) is 14.0. The summed E-state index contributed by atoms with van der Waals surface area (Å²) in [5.41, 5.74) is 0.646. The molecule has 0 radical (unpaired) electrons. The maximum Gasteiger partial charge on any atom is 0.341 e. The summed E-state index contributed by atoms with van der Waals surface area (Å²) in [6.07, 6.45) is -6.72. The van der Waals surface area contributed by atoms with Crippen molar-refractivity contribution in [3.8, 4) is 0 Å². The highest BCUT2D eigenvalue weighted by Crippen LogP contribution is 2.36. The van der Waals surface area contributed by atoms with Crippen molar-refractivity contribution in [1.29, 1.82) is 0 Å². The molecular formula is C16H22O10. The van der Waals surface area contributed by atoms with E-state index in [2.05, 4.69) is 0 Å². The highest BCUT2D eigenvalue weighted by Gasteiger charge is 2.47. The molecule has 5 N–H and O–H groups in total. The SMILES string of the molecule is CC1OC=C2C(=O)OCC=C2C1C(O)OC1OC(CO)C(O)C(O)C1O. The monoisotopic (exact) mass is 374 g/mol. The van der Waals surface area contributed by atoms with E-state index in [1.165, 1.54) is 6.26 Å². The molecule has 1 saturated heterocycles. The Balaban J connectivity index is 1.76. The number of aliphatic hydroxyl groups excluding tert-OH is 5. The molecule has 0 aliphatic carbocycles. The summed E-state index contributed by atoms with van der Waals surface area (Å²) in [5.74, 6) is -1.37. The average Bonchev–Trinajstić information content (AvgIpc) is 2.62. The van der Waals surface area contributed by atoms with Crippen LogP contribution in [0.2, 0.25) is 0 Å². The molecule has 0 aromatic carbocycles. The highest BCUT2D eigenvalue weighted by molar-refractivity contribution is 5.94. The van der Waals surface area contributed by atoms with Crippen LogP contribution in [0.15, 0.2) is 23.5 Å². The van der Waals surface area contributed by atoms with Gasteiger partial charge < -0.3 is 44.5 Å². The molecule has 0 amide bonds. The van der Waals surface area contributed by atoms with E-state index in [9.17, 15) is 30.3 Å². The molecule has 3 aliphatic heterocycles. The van der Waals surface area contributed by atoms with Gasteiger partial charge in [0.2, 0.25) is 0 Å². The fourth-order valence-corrected chi connectivity index (χ4v) is 3.24. The van der Waals surface area contributed by atoms with E-state index in [1.807, 2.05) is 0 Å². The third-order valence-electron chi connectivity index (χ3n) is 4.74. The lowest BCUT2D eigenvalue weighted by molar-refractivity contribution is -0.339. The number of rotatable bonds is 4. The summed E-state index contributed by atoms with van der Waals surface area (Å²) in [4.78, 5) is 11.8. The predicted octanol–water partition coefficient (Wildman–Crippen LogP) is -2.48. The Kier molecular flexibility index (Phi) is 5.63. The van der Waals surface area contributed by atoms with Crippen molar-refractivity contribution in [1.82, 2.24) is 0 Å². The van der Waals surface area contributed by atoms with Crippen LogP contribution < -0.4 is 0 Å². The van der Waals surface area contributed by atoms with Crippen molar-refractivity contribution in [2.24, 2.45) is 5.92 Å². The first-order valence-electron chi connectivity index (χ1n) is 8.22. The molecule has 3 heterocycles. The molecule has 0 aromatic rings. The second-order valence-corrected chi connectivity index (χ2v) is 6.38. The molecule has 10 heteroatoms. The summed E-state index contributed by atoms with van der Waals surface area (Å²) in [6, 6.07) is 0. The smallest absolute Gasteiger partial charge is 0.341 e. The summed E-state index contributed by atoms with van der Waals surface area (Å²) in [6.45, 7) is 1.09. The van der Waals surface area contributed by atoms with Gasteiger partial charge in [-0.1, -0.05) is 0 Å². The molecule has 10 nitrogen and oxygen atoms in total. The lowest BCUT2D eigenvalue weighted by atomic mass is 9.85. The fraction of sp³-hybridized carbons (Fsp3) is 0.688. The van der Waals surface area contributed by atoms with E-state index >= 15 is 0 Å². The molecule has 0 bridgehead atoms. The number of cyclic esters (lactones) is 1. The number of carbonyl (C=O) groups excluding carboxylic acids is 1. The Labute approximate surface area is 148 Å². The molecule has 26 heavy (non-hydrogen) atoms. The quantitative estimate of drug-likeness (QED) is 0.264. The van der Waals surface area contributed by atoms with Gasteiger partial charge in [-0.2, -0.15) is 0 Å². The summed E-state index contributed by atoms with van der Waals surface area (Å²) >= 11 is 0. The van der Waals surface area contributed by atoms with E-state index in [0.717, 1.165) is 0 Å². The van der Waals surface area contributed by atoms with Crippen LogP contribution in [0, 0.1) is 5.92 Å². The van der Waals surface area contributed by atoms with Crippen LogP contribution in [0.1, 0.15) is 6.92 Å². The number of esters is 1. The Morgan fingerprint density at radius 2 is 2.00 bits per heavy atom. The minimum atomic E-state index is -1.65. The minimum Gasteiger partial charge on any atom is -0.497 e. The van der Waals surface area contributed by atoms with Gasteiger partial charge in [-0.05, 0) is 18.6 Å². The van der Waals surface area contributed by atoms with Gasteiger partial charge in [0.15, 0.2) is 12.6 Å². The molecule has 8 unspecified atom stereocenters. The highest BCUT2D eigenvalue weighted by atomic mass is 16.7. The van der Waals surface area contributed by atoms with Crippen LogP contribution in [0.3, 0.4) is 0 Å². The van der Waals surface area contributed by atoms with Gasteiger partial charge >= 0.3 is 5.97 Å². The van der Waals surface area contributed by atoms with Crippen LogP contribution in [-0.4, -0.2) is 87.8 Å². The Morgan fingerprint density at radius 3 is 2.69 bits per heavy atom. The molecule has 1 fully saturated rings. The van der Waals surface area contributed by atoms with E-state index < -0.39 is 61.6 Å². The number of carbonyl (C=O) groups is 1. The van der Waals surface area contributed by atoms with Gasteiger partial charge in [0.1, 0.15) is 37.1 Å². The number of aliphatic hydroxyl groups is 5. The second kappa shape index (κ2) is 7.61. The number of hydrogen-bond donors (Lipinski definition) is 5. The summed E-state index contributed by atoms with van der Waals surface area (Å²) in [7, 11) is 0. The third kappa shape index (κ3) is 3.37. The number of ether oxygens (including phenoxy) is 4. The van der Waals surface area contributed by atoms with Crippen molar-refractivity contribution in [2.45, 2.75) is 50.0 Å². The lowest BCUT2D eigenvalue weighted by Crippen LogP contribution is -2.60. The zero-order valence-electron chi connectivity index (χ0n) is 14.0. The van der Waals surface area contributed by atoms with Crippen molar-refractivity contribution in [2.75, 3.05) is 13.2 Å². The number of fused-ring (bicyclic) bond motifs is 1. The van der Waals surface area contributed by atoms with E-state index in [4.69, 9.17) is 18.9 Å². The largest absolute Gasteiger partial charge is 0.497 e. The Bertz CT molecular complexity index is 600. The van der Waals surface area contributed by atoms with E-state index in [0.29, 0.717) is 5.57 Å². The van der Waals surface area contributed by atoms with Crippen LogP contribution >= 0.6 is 0 Å². The maximum absolute atomic E-state index is 11.8. The molecule has 0 saturated carbocycles. The van der Waals surface area contributed by atoms with Gasteiger partial charge in [0.25, 0.3) is 0 Å². The zero-order chi connectivity index (χ0) is 19.0. The van der Waals surface area contributed by atoms with Crippen molar-refractivity contribution in [3.05, 3.63) is 23.5 Å². The number of hydrogen-bond acceptors (Lipinski definition) is 10. The molecule has 8 atom stereocenters. The Morgan fingerprint density at radius 1 is 1.27 bits per heavy atom. The van der Waals surface area contributed by atoms with Crippen LogP contribution in [0.25, 0.3) is 0 Å². The molecule has 0 spiro atoms. The molecule has 146 valence electrons. The summed E-state index contributed by atoms with van der Waals surface area (Å²) < 4.78 is 20.8. The fourth-order valence-electron chi connectivity index (χ4n) is 3.24. The lowest BCUT2D eigenvalue weighted by Gasteiger charge is -2.42. The van der Waals surface area contributed by atoms with Crippen LogP contribution in [0.5, 0.6) is 0 Å². The normalized spacial score (nSPS) is 41.3. The van der Waals surface area contributed by atoms with Gasteiger partial charge in [-0.15, -0.1) is 0 Å². The average molecular weight is 374 g/mol. The van der Waals surface area contributed by atoms with E-state index in [1.54, 1.807) is 13.0 Å². The molecule has 3 rings (SSSR count). The van der Waals surface area contributed by atoms with Gasteiger partial charge in [-0.3, -0.25) is 0 Å². The third-order valence-corrected chi connectivity index (χ3v) is 4.74. The van der Waals surface area contributed by atoms with Crippen LogP contribution in [0.4, 0.5) is 0 Å². The maximum atomic E-state index is 11.8. The summed E-state index contributed by atoms with van der Waals surface area (Å²) in [5, 5.41) is 49.4. The van der Waals surface area contributed by atoms with Crippen molar-refractivity contribution in [3.63, 3.8) is 0 Å². The van der Waals surface area contributed by atoms with Gasteiger partial charge in [0, 0.05) is 0 Å². The van der Waals surface area contributed by atoms with Gasteiger partial charge in [0.05, 0.1) is 24.4 Å². The molecule has 3 aliphatic rings. The molecule has 0 aromatic heterocycles. The first kappa shape index (κ1) is 19.2. The first-order chi connectivity index (χ1) is 12.3. The van der Waals surface area contributed by atoms with Crippen molar-refractivity contribution < 1.29 is 49.3 Å². The van der Waals surface area contributed by atoms with E-state index in [-0.39, 0.29) is 12.2 Å². The first-order valence-corrected chi connectivity index (χ1v) is 8.22. The second-order valence-electron chi connectivity index (χ2n) is 6.38. The Hall–Kier alpha value is -1.53. The van der Waals surface area contributed by atoms with Gasteiger partial charge in [-0.25, -0.2) is 4.79 Å². The minimum absolute atomic E-state index is 0.0431. The topological polar surface area (TPSA) is 155 Å². The predicted molar refractivity (Wildman–Crippen MR) is 82.0 cm³/mol. The van der Waals surface area contributed by atoms with Crippen LogP contribution in [-0.2, 0) is 23.7 Å². The van der Waals surface area contributed by atoms with Crippen molar-refractivity contribution >= 4 is 5.97 Å².